The molecule has 0 bridgehead atoms. The molecule has 11 nitrogen and oxygen atoms in total. The summed E-state index contributed by atoms with van der Waals surface area (Å²) in [5.41, 5.74) is -5.81. The van der Waals surface area contributed by atoms with E-state index < -0.39 is 136 Å². The van der Waals surface area contributed by atoms with Gasteiger partial charge in [-0.2, -0.15) is 52.7 Å². The predicted octanol–water partition coefficient (Wildman–Crippen LogP) is 12.5. The van der Waals surface area contributed by atoms with Crippen molar-refractivity contribution in [2.24, 2.45) is 5.16 Å². The number of fused-ring (bicyclic) bond motifs is 2. The van der Waals surface area contributed by atoms with Crippen molar-refractivity contribution in [3.05, 3.63) is 169 Å². The third-order valence-electron chi connectivity index (χ3n) is 11.4. The SMILES string of the molecule is Cc1cc(C2(C(F)(F)F)CC(c3ccc(C(=O)NCC(=O)NCC(F)(F)F)c4ccccc34)=NO2)cc(Cl)c1F.O=C(CNC(=O)c1ccc(C(=O)/C=C(/c2cc(Cl)c(F)c(Cl)c2)C(F)(F)F)c2ccccc12)NCC(F)(F)F. The molecule has 0 spiro atoms. The van der Waals surface area contributed by atoms with Gasteiger partial charge in [0, 0.05) is 34.2 Å². The Bertz CT molecular complexity index is 3410. The van der Waals surface area contributed by atoms with Gasteiger partial charge in [-0.15, -0.1) is 0 Å². The molecule has 6 aromatic carbocycles. The molecule has 1 unspecified atom stereocenters. The van der Waals surface area contributed by atoms with Crippen molar-refractivity contribution in [3.63, 3.8) is 0 Å². The number of ketones is 1. The van der Waals surface area contributed by atoms with Crippen molar-refractivity contribution in [3.8, 4) is 0 Å². The van der Waals surface area contributed by atoms with Gasteiger partial charge in [-0.1, -0.05) is 94.6 Å². The Kier molecular flexibility index (Phi) is 18.3. The summed E-state index contributed by atoms with van der Waals surface area (Å²) in [6.45, 7) is -3.41. The molecular formula is C51H34Cl3F14N5O6. The van der Waals surface area contributed by atoms with Crippen LogP contribution in [0.1, 0.15) is 59.7 Å². The topological polar surface area (TPSA) is 155 Å². The molecule has 6 aromatic rings. The molecular weight excluding hydrogens is 1150 g/mol. The number of benzene rings is 6. The van der Waals surface area contributed by atoms with Crippen molar-refractivity contribution in [1.29, 1.82) is 0 Å². The van der Waals surface area contributed by atoms with Crippen LogP contribution in [0.25, 0.3) is 27.1 Å². The lowest BCUT2D eigenvalue weighted by molar-refractivity contribution is -0.275. The van der Waals surface area contributed by atoms with Crippen LogP contribution in [0.3, 0.4) is 0 Å². The molecule has 79 heavy (non-hydrogen) atoms. The fourth-order valence-corrected chi connectivity index (χ4v) is 8.51. The molecule has 0 saturated heterocycles. The smallest absolute Gasteiger partial charge is 0.374 e. The van der Waals surface area contributed by atoms with E-state index in [0.29, 0.717) is 17.5 Å². The lowest BCUT2D eigenvalue weighted by atomic mass is 9.84. The molecule has 1 atom stereocenters. The third-order valence-corrected chi connectivity index (χ3v) is 12.3. The molecule has 0 fully saturated rings. The maximum Gasteiger partial charge on any atom is 0.435 e. The maximum absolute atomic E-state index is 14.4. The van der Waals surface area contributed by atoms with Gasteiger partial charge in [-0.05, 0) is 88.1 Å². The summed E-state index contributed by atoms with van der Waals surface area (Å²) in [6, 6.07) is 19.9. The van der Waals surface area contributed by atoms with E-state index in [2.05, 4.69) is 15.8 Å². The Hall–Kier alpha value is -7.51. The van der Waals surface area contributed by atoms with E-state index in [-0.39, 0.29) is 55.8 Å². The average molecular weight is 1190 g/mol. The lowest BCUT2D eigenvalue weighted by Gasteiger charge is -2.30. The first-order chi connectivity index (χ1) is 36.7. The summed E-state index contributed by atoms with van der Waals surface area (Å²) in [7, 11) is 0. The number of carbonyl (C=O) groups is 5. The number of hydrogen-bond acceptors (Lipinski definition) is 7. The fourth-order valence-electron chi connectivity index (χ4n) is 7.75. The van der Waals surface area contributed by atoms with Crippen molar-refractivity contribution in [1.82, 2.24) is 21.3 Å². The summed E-state index contributed by atoms with van der Waals surface area (Å²) >= 11 is 17.1. The molecule has 0 radical (unpaired) electrons. The highest BCUT2D eigenvalue weighted by molar-refractivity contribution is 6.35. The van der Waals surface area contributed by atoms with E-state index in [1.165, 1.54) is 55.5 Å². The van der Waals surface area contributed by atoms with Gasteiger partial charge in [0.2, 0.25) is 11.8 Å². The molecule has 4 amide bonds. The van der Waals surface area contributed by atoms with Crippen molar-refractivity contribution in [2.75, 3.05) is 26.2 Å². The second-order valence-electron chi connectivity index (χ2n) is 17.0. The molecule has 28 heteroatoms. The number of hydrogen-bond donors (Lipinski definition) is 4. The third kappa shape index (κ3) is 14.6. The highest BCUT2D eigenvalue weighted by atomic mass is 35.5. The Balaban J connectivity index is 0.000000255. The van der Waals surface area contributed by atoms with E-state index in [1.54, 1.807) is 22.8 Å². The zero-order valence-electron chi connectivity index (χ0n) is 39.7. The maximum atomic E-state index is 14.4. The van der Waals surface area contributed by atoms with Crippen LogP contribution in [0.5, 0.6) is 0 Å². The Morgan fingerprint density at radius 2 is 1.04 bits per heavy atom. The number of allylic oxidation sites excluding steroid dienone is 2. The highest BCUT2D eigenvalue weighted by Gasteiger charge is 2.62. The van der Waals surface area contributed by atoms with E-state index in [0.717, 1.165) is 24.3 Å². The molecule has 4 N–H and O–H groups in total. The molecule has 1 aliphatic rings. The zero-order chi connectivity index (χ0) is 58.6. The number of alkyl halides is 12. The first-order valence-electron chi connectivity index (χ1n) is 22.2. The number of nitrogens with zero attached hydrogens (tertiary/aromatic N) is 1. The molecule has 1 heterocycles. The molecule has 0 aliphatic carbocycles. The second kappa shape index (κ2) is 23.8. The van der Waals surface area contributed by atoms with Crippen LogP contribution in [0.2, 0.25) is 15.1 Å². The molecule has 7 rings (SSSR count). The highest BCUT2D eigenvalue weighted by Crippen LogP contribution is 2.50. The minimum absolute atomic E-state index is 0.0190. The number of aryl methyl sites for hydroxylation is 1. The summed E-state index contributed by atoms with van der Waals surface area (Å²) in [5.74, 6) is -6.96. The quantitative estimate of drug-likeness (QED) is 0.0391. The molecule has 1 aliphatic heterocycles. The van der Waals surface area contributed by atoms with Crippen LogP contribution in [0, 0.1) is 18.6 Å². The van der Waals surface area contributed by atoms with Crippen LogP contribution >= 0.6 is 34.8 Å². The minimum Gasteiger partial charge on any atom is -0.374 e. The Morgan fingerprint density at radius 3 is 1.51 bits per heavy atom. The van der Waals surface area contributed by atoms with E-state index in [9.17, 15) is 85.4 Å². The summed E-state index contributed by atoms with van der Waals surface area (Å²) in [6.07, 6.45) is -19.8. The van der Waals surface area contributed by atoms with E-state index in [1.807, 2.05) is 0 Å². The number of carbonyl (C=O) groups excluding carboxylic acids is 5. The number of oxime groups is 1. The first kappa shape index (κ1) is 60.7. The zero-order valence-corrected chi connectivity index (χ0v) is 41.9. The van der Waals surface area contributed by atoms with Gasteiger partial charge < -0.3 is 26.1 Å². The average Bonchev–Trinajstić information content (AvgIpc) is 4.06. The van der Waals surface area contributed by atoms with Gasteiger partial charge in [0.05, 0.1) is 39.4 Å². The number of halogens is 17. The van der Waals surface area contributed by atoms with Gasteiger partial charge in [0.25, 0.3) is 17.4 Å². The van der Waals surface area contributed by atoms with Crippen LogP contribution in [0.4, 0.5) is 61.5 Å². The number of nitrogens with one attached hydrogen (secondary N) is 4. The Labute approximate surface area is 450 Å². The lowest BCUT2D eigenvalue weighted by Crippen LogP contribution is -2.42. The second-order valence-corrected chi connectivity index (χ2v) is 18.2. The fraction of sp³-hybridized carbons (Fsp3) is 0.216. The van der Waals surface area contributed by atoms with Gasteiger partial charge in [-0.3, -0.25) is 24.0 Å². The largest absolute Gasteiger partial charge is 0.435 e. The standard InChI is InChI=1S/C26H19ClF7N3O3.C25H15Cl2F7N2O3/c1-13-8-14(9-19(27)22(13)28)24(26(32,33)34)10-20(37-40-24)17-6-7-18(16-5-3-2-4-15(16)17)23(39)35-11-21(38)36-12-25(29,30)31;26-18-7-12(8-19(27)22(18)28)17(25(32,33)34)9-20(37)15-5-6-16(14-4-2-1-3-13(14)15)23(39)35-10-21(38)36-11-24(29,30)31/h2-9H,10-12H2,1H3,(H,35,39)(H,36,38);1-9H,10-11H2,(H,35,39)(H,36,38)/b;17-9-. The van der Waals surface area contributed by atoms with E-state index in [4.69, 9.17) is 39.6 Å². The number of rotatable bonds is 13. The normalized spacial score (nSPS) is 14.9. The van der Waals surface area contributed by atoms with Gasteiger partial charge in [-0.25, -0.2) is 8.78 Å². The predicted molar refractivity (Wildman–Crippen MR) is 262 cm³/mol. The monoisotopic (exact) mass is 1180 g/mol. The van der Waals surface area contributed by atoms with E-state index >= 15 is 0 Å². The van der Waals surface area contributed by atoms with Crippen LogP contribution in [-0.4, -0.2) is 86.0 Å². The Morgan fingerprint density at radius 1 is 0.595 bits per heavy atom. The van der Waals surface area contributed by atoms with Crippen LogP contribution in [-0.2, 0) is 20.0 Å². The van der Waals surface area contributed by atoms with Crippen LogP contribution < -0.4 is 21.3 Å². The molecule has 418 valence electrons. The van der Waals surface area contributed by atoms with Gasteiger partial charge >= 0.3 is 24.7 Å². The number of amides is 4. The molecule has 0 aromatic heterocycles. The van der Waals surface area contributed by atoms with Gasteiger partial charge in [0.15, 0.2) is 11.6 Å². The summed E-state index contributed by atoms with van der Waals surface area (Å²) in [5, 5.41) is 10.2. The van der Waals surface area contributed by atoms with Crippen molar-refractivity contribution >= 4 is 97.0 Å². The van der Waals surface area contributed by atoms with Crippen molar-refractivity contribution in [2.45, 2.75) is 43.7 Å². The van der Waals surface area contributed by atoms with Gasteiger partial charge in [0.1, 0.15) is 18.9 Å². The first-order valence-corrected chi connectivity index (χ1v) is 23.4. The summed E-state index contributed by atoms with van der Waals surface area (Å²) in [4.78, 5) is 66.6. The summed E-state index contributed by atoms with van der Waals surface area (Å²) < 4.78 is 186. The molecule has 0 saturated carbocycles. The van der Waals surface area contributed by atoms with Crippen LogP contribution in [0.15, 0.2) is 108 Å². The minimum atomic E-state index is -5.07. The van der Waals surface area contributed by atoms with Crippen molar-refractivity contribution < 1.29 is 90.3 Å².